The van der Waals surface area contributed by atoms with Crippen molar-refractivity contribution < 1.29 is 14.4 Å². The van der Waals surface area contributed by atoms with Crippen LogP contribution in [0.5, 0.6) is 0 Å². The Hall–Kier alpha value is -3.24. The summed E-state index contributed by atoms with van der Waals surface area (Å²) in [5, 5.41) is 13.2. The second-order valence-corrected chi connectivity index (χ2v) is 10.8. The van der Waals surface area contributed by atoms with Crippen LogP contribution in [0.25, 0.3) is 0 Å². The molecule has 0 unspecified atom stereocenters. The molecule has 5 atom stereocenters. The molecule has 1 saturated carbocycles. The number of allylic oxidation sites excluding steroid dienone is 2. The molecule has 33 heavy (non-hydrogen) atoms. The summed E-state index contributed by atoms with van der Waals surface area (Å²) in [6.07, 6.45) is 7.96. The minimum atomic E-state index is -0.303. The number of imide groups is 1. The summed E-state index contributed by atoms with van der Waals surface area (Å²) in [5.74, 6) is -0.173. The van der Waals surface area contributed by atoms with Gasteiger partial charge in [0.2, 0.25) is 11.8 Å². The Kier molecular flexibility index (Phi) is 4.56. The fourth-order valence-electron chi connectivity index (χ4n) is 6.06. The average molecular weight is 458 g/mol. The van der Waals surface area contributed by atoms with Crippen LogP contribution in [0, 0.1) is 40.9 Å². The SMILES string of the molecule is C[C@H]1CCc2sc(NC(=O)c3ccc(N4C(=O)[C@@H]5[C@H](C4=O)[C@H]4C=C[C@H]5C4)cc3)c(C#N)c2C1. The van der Waals surface area contributed by atoms with Gasteiger partial charge in [0.25, 0.3) is 5.91 Å². The van der Waals surface area contributed by atoms with Crippen molar-refractivity contribution in [1.29, 1.82) is 5.26 Å². The van der Waals surface area contributed by atoms with Gasteiger partial charge in [-0.25, -0.2) is 0 Å². The Bertz CT molecular complexity index is 1240. The number of fused-ring (bicyclic) bond motifs is 6. The molecular formula is C26H23N3O3S. The van der Waals surface area contributed by atoms with Gasteiger partial charge in [0.15, 0.2) is 0 Å². The van der Waals surface area contributed by atoms with E-state index in [4.69, 9.17) is 0 Å². The van der Waals surface area contributed by atoms with Crippen molar-refractivity contribution in [3.8, 4) is 6.07 Å². The lowest BCUT2D eigenvalue weighted by Crippen LogP contribution is -2.32. The largest absolute Gasteiger partial charge is 0.312 e. The fourth-order valence-corrected chi connectivity index (χ4v) is 7.25. The molecule has 6 nitrogen and oxygen atoms in total. The molecule has 2 heterocycles. The van der Waals surface area contributed by atoms with Crippen LogP contribution in [0.2, 0.25) is 0 Å². The van der Waals surface area contributed by atoms with Crippen LogP contribution >= 0.6 is 11.3 Å². The summed E-state index contributed by atoms with van der Waals surface area (Å²) in [7, 11) is 0. The first-order valence-electron chi connectivity index (χ1n) is 11.5. The number of rotatable bonds is 3. The van der Waals surface area contributed by atoms with E-state index in [1.807, 2.05) is 0 Å². The molecule has 3 aliphatic carbocycles. The van der Waals surface area contributed by atoms with E-state index in [9.17, 15) is 19.6 Å². The van der Waals surface area contributed by atoms with Gasteiger partial charge in [0.1, 0.15) is 11.1 Å². The lowest BCUT2D eigenvalue weighted by atomic mass is 9.85. The zero-order valence-electron chi connectivity index (χ0n) is 18.2. The third kappa shape index (κ3) is 3.01. The number of hydrogen-bond acceptors (Lipinski definition) is 5. The molecule has 0 radical (unpaired) electrons. The van der Waals surface area contributed by atoms with Gasteiger partial charge in [0.05, 0.1) is 23.1 Å². The highest BCUT2D eigenvalue weighted by molar-refractivity contribution is 7.16. The van der Waals surface area contributed by atoms with Gasteiger partial charge in [-0.15, -0.1) is 11.3 Å². The Labute approximate surface area is 195 Å². The van der Waals surface area contributed by atoms with Crippen LogP contribution in [-0.4, -0.2) is 17.7 Å². The Balaban J connectivity index is 1.21. The van der Waals surface area contributed by atoms with Crippen molar-refractivity contribution in [2.75, 3.05) is 10.2 Å². The van der Waals surface area contributed by atoms with Crippen molar-refractivity contribution in [1.82, 2.24) is 0 Å². The molecule has 4 aliphatic rings. The monoisotopic (exact) mass is 457 g/mol. The summed E-state index contributed by atoms with van der Waals surface area (Å²) in [4.78, 5) is 41.4. The van der Waals surface area contributed by atoms with Crippen LogP contribution in [0.3, 0.4) is 0 Å². The number of nitrogens with zero attached hydrogens (tertiary/aromatic N) is 2. The fraction of sp³-hybridized carbons (Fsp3) is 0.385. The molecule has 7 heteroatoms. The smallest absolute Gasteiger partial charge is 0.256 e. The lowest BCUT2D eigenvalue weighted by Gasteiger charge is -2.17. The normalized spacial score (nSPS) is 29.2. The third-order valence-electron chi connectivity index (χ3n) is 7.70. The molecule has 2 bridgehead atoms. The highest BCUT2D eigenvalue weighted by Gasteiger charge is 2.59. The van der Waals surface area contributed by atoms with E-state index in [0.717, 1.165) is 31.2 Å². The number of nitriles is 1. The Morgan fingerprint density at radius 2 is 1.79 bits per heavy atom. The van der Waals surface area contributed by atoms with Gasteiger partial charge in [-0.3, -0.25) is 19.3 Å². The first kappa shape index (κ1) is 20.4. The van der Waals surface area contributed by atoms with Gasteiger partial charge < -0.3 is 5.32 Å². The third-order valence-corrected chi connectivity index (χ3v) is 8.91. The predicted molar refractivity (Wildman–Crippen MR) is 125 cm³/mol. The molecule has 1 N–H and O–H groups in total. The summed E-state index contributed by atoms with van der Waals surface area (Å²) in [6, 6.07) is 8.86. The van der Waals surface area contributed by atoms with Crippen LogP contribution in [0.15, 0.2) is 36.4 Å². The van der Waals surface area contributed by atoms with Crippen LogP contribution in [0.4, 0.5) is 10.7 Å². The van der Waals surface area contributed by atoms with E-state index in [-0.39, 0.29) is 41.4 Å². The highest BCUT2D eigenvalue weighted by atomic mass is 32.1. The number of thiophene rings is 1. The first-order chi connectivity index (χ1) is 16.0. The molecule has 1 saturated heterocycles. The maximum absolute atomic E-state index is 13.0. The molecule has 166 valence electrons. The predicted octanol–water partition coefficient (Wildman–Crippen LogP) is 4.31. The number of amides is 3. The van der Waals surface area contributed by atoms with Crippen molar-refractivity contribution in [2.45, 2.75) is 32.6 Å². The maximum atomic E-state index is 13.0. The topological polar surface area (TPSA) is 90.3 Å². The van der Waals surface area contributed by atoms with E-state index in [2.05, 4.69) is 30.5 Å². The summed E-state index contributed by atoms with van der Waals surface area (Å²) in [6.45, 7) is 2.19. The number of hydrogen-bond donors (Lipinski definition) is 1. The first-order valence-corrected chi connectivity index (χ1v) is 12.3. The minimum Gasteiger partial charge on any atom is -0.312 e. The number of nitrogens with one attached hydrogen (secondary N) is 1. The molecular weight excluding hydrogens is 434 g/mol. The molecule has 3 amide bonds. The van der Waals surface area contributed by atoms with Crippen molar-refractivity contribution in [2.24, 2.45) is 29.6 Å². The molecule has 2 fully saturated rings. The average Bonchev–Trinajstić information content (AvgIpc) is 3.56. The molecule has 2 aromatic rings. The second kappa shape index (κ2) is 7.39. The van der Waals surface area contributed by atoms with E-state index in [1.165, 1.54) is 21.1 Å². The summed E-state index contributed by atoms with van der Waals surface area (Å²) >= 11 is 1.49. The number of anilines is 2. The Morgan fingerprint density at radius 1 is 1.12 bits per heavy atom. The van der Waals surface area contributed by atoms with Crippen molar-refractivity contribution in [3.05, 3.63) is 58.0 Å². The lowest BCUT2D eigenvalue weighted by molar-refractivity contribution is -0.123. The molecule has 1 aliphatic heterocycles. The standard InChI is InChI=1S/C26H23N3O3S/c1-13-2-9-20-18(10-13)19(12-27)24(33-20)28-23(30)14-5-7-17(8-6-14)29-25(31)21-15-3-4-16(11-15)22(21)26(29)32/h3-8,13,15-16,21-22H,2,9-11H2,1H3,(H,28,30)/t13-,15-,16-,21-,22+/m0/s1. The van der Waals surface area contributed by atoms with Crippen LogP contribution in [-0.2, 0) is 22.4 Å². The summed E-state index contributed by atoms with van der Waals surface area (Å²) in [5.41, 5.74) is 2.58. The molecule has 1 aromatic carbocycles. The van der Waals surface area contributed by atoms with E-state index in [1.54, 1.807) is 24.3 Å². The maximum Gasteiger partial charge on any atom is 0.256 e. The zero-order chi connectivity index (χ0) is 22.9. The van der Waals surface area contributed by atoms with Gasteiger partial charge in [0, 0.05) is 10.4 Å². The van der Waals surface area contributed by atoms with Gasteiger partial charge in [-0.05, 0) is 73.3 Å². The van der Waals surface area contributed by atoms with Crippen LogP contribution < -0.4 is 10.2 Å². The number of benzene rings is 1. The number of carbonyl (C=O) groups is 3. The minimum absolute atomic E-state index is 0.129. The zero-order valence-corrected chi connectivity index (χ0v) is 19.0. The van der Waals surface area contributed by atoms with E-state index >= 15 is 0 Å². The van der Waals surface area contributed by atoms with E-state index in [0.29, 0.717) is 27.7 Å². The quantitative estimate of drug-likeness (QED) is 0.549. The van der Waals surface area contributed by atoms with Gasteiger partial charge in [-0.2, -0.15) is 5.26 Å². The molecule has 6 rings (SSSR count). The van der Waals surface area contributed by atoms with Gasteiger partial charge >= 0.3 is 0 Å². The molecule has 1 aromatic heterocycles. The van der Waals surface area contributed by atoms with Gasteiger partial charge in [-0.1, -0.05) is 19.1 Å². The molecule has 0 spiro atoms. The van der Waals surface area contributed by atoms with Crippen molar-refractivity contribution in [3.63, 3.8) is 0 Å². The Morgan fingerprint density at radius 3 is 2.42 bits per heavy atom. The van der Waals surface area contributed by atoms with E-state index < -0.39 is 0 Å². The van der Waals surface area contributed by atoms with Crippen molar-refractivity contribution >= 4 is 39.7 Å². The second-order valence-electron chi connectivity index (χ2n) is 9.68. The number of carbonyl (C=O) groups excluding carboxylic acids is 3. The van der Waals surface area contributed by atoms with Crippen LogP contribution in [0.1, 0.15) is 46.1 Å². The summed E-state index contributed by atoms with van der Waals surface area (Å²) < 4.78 is 0. The highest BCUT2D eigenvalue weighted by Crippen LogP contribution is 2.53. The number of aryl methyl sites for hydroxylation is 1.